The zero-order valence-corrected chi connectivity index (χ0v) is 15.4. The van der Waals surface area contributed by atoms with E-state index >= 15 is 0 Å². The molecular weight excluding hydrogens is 388 g/mol. The molecule has 3 aromatic rings. The fourth-order valence-corrected chi connectivity index (χ4v) is 3.11. The number of anilines is 1. The van der Waals surface area contributed by atoms with Crippen LogP contribution >= 0.6 is 27.5 Å². The average Bonchev–Trinajstić information content (AvgIpc) is 2.57. The molecule has 3 rings (SSSR count). The molecule has 0 fully saturated rings. The lowest BCUT2D eigenvalue weighted by atomic mass is 10.0. The minimum absolute atomic E-state index is 0.185. The number of nitrogens with one attached hydrogen (secondary N) is 1. The monoisotopic (exact) mass is 402 g/mol. The quantitative estimate of drug-likeness (QED) is 0.564. The number of aromatic hydroxyl groups is 1. The summed E-state index contributed by atoms with van der Waals surface area (Å²) < 4.78 is 0.880. The van der Waals surface area contributed by atoms with Gasteiger partial charge in [-0.15, -0.1) is 0 Å². The Morgan fingerprint density at radius 3 is 2.62 bits per heavy atom. The van der Waals surface area contributed by atoms with E-state index in [0.29, 0.717) is 16.3 Å². The van der Waals surface area contributed by atoms with Crippen LogP contribution in [0.3, 0.4) is 0 Å². The van der Waals surface area contributed by atoms with Gasteiger partial charge in [-0.05, 0) is 48.9 Å². The Morgan fingerprint density at radius 1 is 1.08 bits per heavy atom. The van der Waals surface area contributed by atoms with Crippen LogP contribution in [0.4, 0.5) is 5.82 Å². The third-order valence-electron chi connectivity index (χ3n) is 3.60. The van der Waals surface area contributed by atoms with Crippen LogP contribution in [-0.2, 0) is 0 Å². The van der Waals surface area contributed by atoms with Crippen molar-refractivity contribution in [3.8, 4) is 28.1 Å². The first-order valence-electron chi connectivity index (χ1n) is 7.58. The molecule has 1 aromatic heterocycles. The van der Waals surface area contributed by atoms with Crippen molar-refractivity contribution in [3.05, 3.63) is 64.1 Å². The molecule has 24 heavy (non-hydrogen) atoms. The Morgan fingerprint density at radius 2 is 1.88 bits per heavy atom. The second kappa shape index (κ2) is 7.24. The average molecular weight is 404 g/mol. The van der Waals surface area contributed by atoms with E-state index in [-0.39, 0.29) is 5.75 Å². The summed E-state index contributed by atoms with van der Waals surface area (Å²) in [6.07, 6.45) is 0. The molecule has 3 nitrogen and oxygen atoms in total. The second-order valence-corrected chi connectivity index (χ2v) is 6.62. The van der Waals surface area contributed by atoms with Crippen LogP contribution < -0.4 is 5.32 Å². The molecule has 0 bridgehead atoms. The van der Waals surface area contributed by atoms with Crippen LogP contribution in [0.5, 0.6) is 5.75 Å². The van der Waals surface area contributed by atoms with Crippen molar-refractivity contribution >= 4 is 33.3 Å². The lowest BCUT2D eigenvalue weighted by molar-refractivity contribution is 0.477. The van der Waals surface area contributed by atoms with Gasteiger partial charge in [0.15, 0.2) is 0 Å². The van der Waals surface area contributed by atoms with Gasteiger partial charge in [0.25, 0.3) is 0 Å². The van der Waals surface area contributed by atoms with Crippen LogP contribution in [0, 0.1) is 0 Å². The van der Waals surface area contributed by atoms with Crippen molar-refractivity contribution in [2.45, 2.75) is 6.92 Å². The normalized spacial score (nSPS) is 10.6. The molecule has 1 heterocycles. The lowest BCUT2D eigenvalue weighted by Gasteiger charge is -2.12. The van der Waals surface area contributed by atoms with E-state index in [0.717, 1.165) is 28.0 Å². The minimum Gasteiger partial charge on any atom is -0.507 e. The van der Waals surface area contributed by atoms with E-state index in [1.165, 1.54) is 0 Å². The number of rotatable bonds is 4. The van der Waals surface area contributed by atoms with Crippen molar-refractivity contribution in [3.63, 3.8) is 0 Å². The van der Waals surface area contributed by atoms with Gasteiger partial charge in [0.1, 0.15) is 11.6 Å². The SMILES string of the molecule is CCNc1cc(-c2ccccc2Cl)cc(-c2cc(Br)ccc2O)n1. The molecule has 0 radical (unpaired) electrons. The number of phenols is 1. The highest BCUT2D eigenvalue weighted by Crippen LogP contribution is 2.36. The first-order valence-corrected chi connectivity index (χ1v) is 8.75. The van der Waals surface area contributed by atoms with Crippen LogP contribution in [0.25, 0.3) is 22.4 Å². The molecule has 0 saturated carbocycles. The molecule has 122 valence electrons. The Labute approximate surface area is 154 Å². The minimum atomic E-state index is 0.185. The molecule has 0 saturated heterocycles. The maximum Gasteiger partial charge on any atom is 0.127 e. The molecule has 0 aliphatic carbocycles. The van der Waals surface area contributed by atoms with E-state index in [1.54, 1.807) is 12.1 Å². The van der Waals surface area contributed by atoms with Crippen molar-refractivity contribution in [1.82, 2.24) is 4.98 Å². The third-order valence-corrected chi connectivity index (χ3v) is 4.43. The molecule has 0 aliphatic rings. The summed E-state index contributed by atoms with van der Waals surface area (Å²) in [5.41, 5.74) is 3.22. The van der Waals surface area contributed by atoms with Gasteiger partial charge in [0.05, 0.1) is 5.69 Å². The van der Waals surface area contributed by atoms with E-state index < -0.39 is 0 Å². The fraction of sp³-hybridized carbons (Fsp3) is 0.105. The van der Waals surface area contributed by atoms with Crippen LogP contribution in [0.2, 0.25) is 5.02 Å². The summed E-state index contributed by atoms with van der Waals surface area (Å²) in [6, 6.07) is 16.9. The zero-order valence-electron chi connectivity index (χ0n) is 13.1. The van der Waals surface area contributed by atoms with Gasteiger partial charge in [0, 0.05) is 27.2 Å². The van der Waals surface area contributed by atoms with E-state index in [1.807, 2.05) is 49.4 Å². The number of pyridine rings is 1. The maximum atomic E-state index is 10.2. The molecule has 0 aliphatic heterocycles. The smallest absolute Gasteiger partial charge is 0.127 e. The first kappa shape index (κ1) is 16.8. The molecule has 0 spiro atoms. The van der Waals surface area contributed by atoms with Gasteiger partial charge >= 0.3 is 0 Å². The van der Waals surface area contributed by atoms with Gasteiger partial charge in [-0.3, -0.25) is 0 Å². The van der Waals surface area contributed by atoms with Gasteiger partial charge in [-0.1, -0.05) is 45.7 Å². The lowest BCUT2D eigenvalue weighted by Crippen LogP contribution is -2.01. The maximum absolute atomic E-state index is 10.2. The summed E-state index contributed by atoms with van der Waals surface area (Å²) in [4.78, 5) is 4.62. The molecule has 2 N–H and O–H groups in total. The molecular formula is C19H16BrClN2O. The number of hydrogen-bond acceptors (Lipinski definition) is 3. The van der Waals surface area contributed by atoms with Gasteiger partial charge in [-0.2, -0.15) is 0 Å². The molecule has 5 heteroatoms. The number of phenolic OH excluding ortho intramolecular Hbond substituents is 1. The molecule has 2 aromatic carbocycles. The van der Waals surface area contributed by atoms with E-state index in [2.05, 4.69) is 26.2 Å². The highest BCUT2D eigenvalue weighted by Gasteiger charge is 2.12. The largest absolute Gasteiger partial charge is 0.507 e. The third kappa shape index (κ3) is 3.55. The Kier molecular flexibility index (Phi) is 5.07. The van der Waals surface area contributed by atoms with Crippen LogP contribution in [-0.4, -0.2) is 16.6 Å². The number of benzene rings is 2. The Bertz CT molecular complexity index is 883. The van der Waals surface area contributed by atoms with Gasteiger partial charge in [0.2, 0.25) is 0 Å². The van der Waals surface area contributed by atoms with Gasteiger partial charge < -0.3 is 10.4 Å². The van der Waals surface area contributed by atoms with Crippen molar-refractivity contribution < 1.29 is 5.11 Å². The van der Waals surface area contributed by atoms with Crippen molar-refractivity contribution in [1.29, 1.82) is 0 Å². The zero-order chi connectivity index (χ0) is 17.1. The molecule has 0 unspecified atom stereocenters. The van der Waals surface area contributed by atoms with Gasteiger partial charge in [-0.25, -0.2) is 4.98 Å². The second-order valence-electron chi connectivity index (χ2n) is 5.30. The highest BCUT2D eigenvalue weighted by atomic mass is 79.9. The number of nitrogens with zero attached hydrogens (tertiary/aromatic N) is 1. The predicted octanol–water partition coefficient (Wildman–Crippen LogP) is 5.97. The summed E-state index contributed by atoms with van der Waals surface area (Å²) in [7, 11) is 0. The van der Waals surface area contributed by atoms with E-state index in [4.69, 9.17) is 11.6 Å². The summed E-state index contributed by atoms with van der Waals surface area (Å²) in [5, 5.41) is 14.1. The predicted molar refractivity (Wildman–Crippen MR) is 104 cm³/mol. The first-order chi connectivity index (χ1) is 11.6. The highest BCUT2D eigenvalue weighted by molar-refractivity contribution is 9.10. The van der Waals surface area contributed by atoms with Crippen LogP contribution in [0.1, 0.15) is 6.92 Å². The summed E-state index contributed by atoms with van der Waals surface area (Å²) in [5.74, 6) is 0.925. The number of aromatic nitrogens is 1. The van der Waals surface area contributed by atoms with Crippen molar-refractivity contribution in [2.75, 3.05) is 11.9 Å². The van der Waals surface area contributed by atoms with Crippen molar-refractivity contribution in [2.24, 2.45) is 0 Å². The standard InChI is InChI=1S/C19H16BrClN2O/c1-2-22-19-10-12(14-5-3-4-6-16(14)21)9-17(23-19)15-11-13(20)7-8-18(15)24/h3-11,24H,2H2,1H3,(H,22,23). The summed E-state index contributed by atoms with van der Waals surface area (Å²) >= 11 is 9.79. The Hall–Kier alpha value is -2.04. The molecule has 0 atom stereocenters. The fourth-order valence-electron chi connectivity index (χ4n) is 2.50. The van der Waals surface area contributed by atoms with Crippen LogP contribution in [0.15, 0.2) is 59.1 Å². The molecule has 0 amide bonds. The number of halogens is 2. The summed E-state index contributed by atoms with van der Waals surface area (Å²) in [6.45, 7) is 2.77. The topological polar surface area (TPSA) is 45.1 Å². The Balaban J connectivity index is 2.20. The number of hydrogen-bond donors (Lipinski definition) is 2. The van der Waals surface area contributed by atoms with E-state index in [9.17, 15) is 5.11 Å².